The number of para-hydroxylation sites is 2. The maximum atomic E-state index is 13.0. The monoisotopic (exact) mass is 888 g/mol. The molecule has 6 aromatic rings. The zero-order valence-electron chi connectivity index (χ0n) is 38.1. The van der Waals surface area contributed by atoms with Gasteiger partial charge in [-0.15, -0.1) is 0 Å². The zero-order valence-corrected chi connectivity index (χ0v) is 38.1. The quantitative estimate of drug-likeness (QED) is 0.152. The van der Waals surface area contributed by atoms with Crippen molar-refractivity contribution in [2.75, 3.05) is 128 Å². The Kier molecular flexibility index (Phi) is 12.8. The van der Waals surface area contributed by atoms with E-state index in [9.17, 15) is 9.59 Å². The molecule has 0 bridgehead atoms. The summed E-state index contributed by atoms with van der Waals surface area (Å²) in [5.74, 6) is 2.84. The second kappa shape index (κ2) is 19.3. The second-order valence-electron chi connectivity index (χ2n) is 16.9. The Labute approximate surface area is 385 Å². The van der Waals surface area contributed by atoms with E-state index in [1.807, 2.05) is 84.9 Å². The fourth-order valence-electron chi connectivity index (χ4n) is 8.47. The normalized spacial score (nSPS) is 16.6. The molecule has 0 spiro atoms. The lowest BCUT2D eigenvalue weighted by Gasteiger charge is -2.34. The molecule has 2 aromatic heterocycles. The van der Waals surface area contributed by atoms with Gasteiger partial charge in [-0.1, -0.05) is 36.4 Å². The van der Waals surface area contributed by atoms with E-state index in [0.717, 1.165) is 97.7 Å². The molecule has 0 unspecified atom stereocenters. The average Bonchev–Trinajstić information content (AvgIpc) is 3.35. The highest BCUT2D eigenvalue weighted by Gasteiger charge is 2.32. The summed E-state index contributed by atoms with van der Waals surface area (Å²) < 4.78 is 5.66. The molecule has 17 heteroatoms. The van der Waals surface area contributed by atoms with Crippen LogP contribution in [0.15, 0.2) is 116 Å². The molecule has 4 amide bonds. The van der Waals surface area contributed by atoms with E-state index in [1.54, 1.807) is 53.2 Å². The molecular formula is C49H56N14O3. The molecule has 0 atom stereocenters. The molecule has 6 heterocycles. The number of piperazine rings is 2. The number of urea groups is 2. The molecule has 4 aromatic carbocycles. The summed E-state index contributed by atoms with van der Waals surface area (Å²) in [5, 5.41) is 6.53. The number of aromatic nitrogens is 4. The minimum Gasteiger partial charge on any atom is -0.494 e. The Morgan fingerprint density at radius 1 is 0.515 bits per heavy atom. The third-order valence-corrected chi connectivity index (χ3v) is 12.4. The van der Waals surface area contributed by atoms with Crippen LogP contribution in [-0.2, 0) is 13.1 Å². The van der Waals surface area contributed by atoms with Crippen molar-refractivity contribution in [1.29, 1.82) is 0 Å². The third-order valence-electron chi connectivity index (χ3n) is 12.4. The van der Waals surface area contributed by atoms with Gasteiger partial charge in [0.25, 0.3) is 0 Å². The van der Waals surface area contributed by atoms with Crippen molar-refractivity contribution in [3.05, 3.63) is 127 Å². The van der Waals surface area contributed by atoms with Gasteiger partial charge in [-0.3, -0.25) is 19.6 Å². The number of hydrogen-bond acceptors (Lipinski definition) is 13. The zero-order chi connectivity index (χ0) is 45.7. The highest BCUT2D eigenvalue weighted by Crippen LogP contribution is 2.35. The number of nitrogens with one attached hydrogen (secondary N) is 2. The van der Waals surface area contributed by atoms with Gasteiger partial charge in [0, 0.05) is 124 Å². The van der Waals surface area contributed by atoms with E-state index < -0.39 is 0 Å². The summed E-state index contributed by atoms with van der Waals surface area (Å²) >= 11 is 0. The van der Waals surface area contributed by atoms with Crippen molar-refractivity contribution in [2.45, 2.75) is 13.1 Å². The summed E-state index contributed by atoms with van der Waals surface area (Å²) in [6.45, 7) is 9.16. The first-order valence-electron chi connectivity index (χ1n) is 22.2. The topological polar surface area (TPSA) is 145 Å². The van der Waals surface area contributed by atoms with E-state index in [0.29, 0.717) is 36.6 Å². The van der Waals surface area contributed by atoms with Crippen LogP contribution in [0.4, 0.5) is 67.2 Å². The number of fused-ring (bicyclic) bond motifs is 2. The van der Waals surface area contributed by atoms with Crippen molar-refractivity contribution in [1.82, 2.24) is 29.7 Å². The Morgan fingerprint density at radius 3 is 1.45 bits per heavy atom. The van der Waals surface area contributed by atoms with Crippen LogP contribution in [0.1, 0.15) is 11.1 Å². The van der Waals surface area contributed by atoms with Crippen LogP contribution < -0.4 is 44.8 Å². The summed E-state index contributed by atoms with van der Waals surface area (Å²) in [5.41, 5.74) is 7.54. The lowest BCUT2D eigenvalue weighted by molar-refractivity contribution is 0.250. The fraction of sp³-hybridized carbons (Fsp3) is 0.306. The average molecular weight is 889 g/mol. The van der Waals surface area contributed by atoms with Gasteiger partial charge < -0.3 is 35.0 Å². The number of amides is 4. The van der Waals surface area contributed by atoms with Gasteiger partial charge in [-0.25, -0.2) is 19.6 Å². The van der Waals surface area contributed by atoms with Crippen LogP contribution in [0.2, 0.25) is 0 Å². The summed E-state index contributed by atoms with van der Waals surface area (Å²) in [6, 6.07) is 33.5. The van der Waals surface area contributed by atoms with E-state index in [-0.39, 0.29) is 12.1 Å². The largest absolute Gasteiger partial charge is 0.494 e. The predicted octanol–water partition coefficient (Wildman–Crippen LogP) is 7.11. The first kappa shape index (κ1) is 43.7. The van der Waals surface area contributed by atoms with Crippen molar-refractivity contribution >= 4 is 69.7 Å². The van der Waals surface area contributed by atoms with Crippen LogP contribution >= 0.6 is 0 Å². The smallest absolute Gasteiger partial charge is 0.330 e. The number of benzene rings is 4. The third kappa shape index (κ3) is 9.48. The number of likely N-dealkylation sites (N-methyl/N-ethyl adjacent to an activating group) is 2. The second-order valence-corrected chi connectivity index (χ2v) is 16.9. The Hall–Kier alpha value is -7.50. The molecule has 0 radical (unpaired) electrons. The van der Waals surface area contributed by atoms with Crippen molar-refractivity contribution in [3.63, 3.8) is 0 Å². The number of rotatable bonds is 9. The minimum absolute atomic E-state index is 0.107. The van der Waals surface area contributed by atoms with Gasteiger partial charge in [0.1, 0.15) is 17.4 Å². The van der Waals surface area contributed by atoms with Crippen molar-refractivity contribution < 1.29 is 14.3 Å². The van der Waals surface area contributed by atoms with Crippen LogP contribution in [0.5, 0.6) is 5.75 Å². The van der Waals surface area contributed by atoms with E-state index >= 15 is 0 Å². The Bertz CT molecular complexity index is 2640. The molecule has 340 valence electrons. The predicted molar refractivity (Wildman–Crippen MR) is 262 cm³/mol. The molecule has 66 heavy (non-hydrogen) atoms. The highest BCUT2D eigenvalue weighted by molar-refractivity contribution is 6.06. The molecule has 2 saturated heterocycles. The van der Waals surface area contributed by atoms with Gasteiger partial charge in [0.2, 0.25) is 11.9 Å². The molecular weight excluding hydrogens is 833 g/mol. The molecule has 2 fully saturated rings. The number of carbonyl (C=O) groups is 2. The number of carbonyl (C=O) groups excluding carboxylic acids is 2. The maximum Gasteiger partial charge on any atom is 0.330 e. The number of anilines is 10. The highest BCUT2D eigenvalue weighted by atomic mass is 16.5. The van der Waals surface area contributed by atoms with Crippen molar-refractivity contribution in [3.8, 4) is 5.75 Å². The number of nitrogens with zero attached hydrogens (tertiary/aromatic N) is 12. The maximum absolute atomic E-state index is 13.0. The minimum atomic E-state index is -0.127. The van der Waals surface area contributed by atoms with Crippen molar-refractivity contribution in [2.24, 2.45) is 0 Å². The van der Waals surface area contributed by atoms with Gasteiger partial charge in [0.15, 0.2) is 0 Å². The van der Waals surface area contributed by atoms with Crippen LogP contribution in [0, 0.1) is 0 Å². The molecule has 4 aliphatic heterocycles. The lowest BCUT2D eigenvalue weighted by Crippen LogP contribution is -2.45. The van der Waals surface area contributed by atoms with Gasteiger partial charge >= 0.3 is 12.1 Å². The van der Waals surface area contributed by atoms with E-state index in [1.165, 1.54) is 5.69 Å². The van der Waals surface area contributed by atoms with Crippen LogP contribution in [0.25, 0.3) is 0 Å². The molecule has 2 N–H and O–H groups in total. The lowest BCUT2D eigenvalue weighted by atomic mass is 10.2. The molecule has 4 aliphatic rings. The molecule has 0 aliphatic carbocycles. The van der Waals surface area contributed by atoms with Gasteiger partial charge in [-0.2, -0.15) is 9.97 Å². The molecule has 10 rings (SSSR count). The standard InChI is InChI=1S/C25H29N7O2.C24H27N7O/c1-29-11-13-31(14-12-29)20-9-10-21(22(15-20)34-3)27-24-26-16-18-17-32(19-7-5-4-6-8-19)25(33)30(2)23(18)28-24;1-28-12-14-30(15-13-28)20-10-8-19(9-11-20)26-23-25-16-18-17-31(21-6-4-3-5-7-21)24(32)29(2)22(18)27-23/h4-10,15-16H,11-14,17H2,1-3H3,(H,26,27,28);3-11,16H,12-15,17H2,1-2H3,(H,25,26,27). The summed E-state index contributed by atoms with van der Waals surface area (Å²) in [4.78, 5) is 60.3. The Balaban J connectivity index is 0.000000166. The number of methoxy groups -OCH3 is 1. The fourth-order valence-corrected chi connectivity index (χ4v) is 8.47. The van der Waals surface area contributed by atoms with E-state index in [4.69, 9.17) is 4.74 Å². The van der Waals surface area contributed by atoms with Crippen LogP contribution in [-0.4, -0.2) is 129 Å². The Morgan fingerprint density at radius 2 is 0.970 bits per heavy atom. The van der Waals surface area contributed by atoms with Gasteiger partial charge in [0.05, 0.1) is 25.9 Å². The molecule has 0 saturated carbocycles. The first-order valence-corrected chi connectivity index (χ1v) is 22.2. The first-order chi connectivity index (χ1) is 32.1. The summed E-state index contributed by atoms with van der Waals surface area (Å²) in [6.07, 6.45) is 3.57. The van der Waals surface area contributed by atoms with Gasteiger partial charge in [-0.05, 0) is 74.8 Å². The number of hydrogen-bond donors (Lipinski definition) is 2. The number of ether oxygens (including phenoxy) is 1. The van der Waals surface area contributed by atoms with Crippen LogP contribution in [0.3, 0.4) is 0 Å². The summed E-state index contributed by atoms with van der Waals surface area (Å²) in [7, 11) is 9.45. The molecule has 17 nitrogen and oxygen atoms in total. The van der Waals surface area contributed by atoms with E-state index in [2.05, 4.69) is 82.5 Å². The SMILES string of the molecule is CN1CCN(c2ccc(Nc3ncc4c(n3)N(C)C(=O)N(c3ccccc3)C4)cc2)CC1.COc1cc(N2CCN(C)CC2)ccc1Nc1ncc2c(n1)N(C)C(=O)N(c1ccccc1)C2.